The topological polar surface area (TPSA) is 47.6 Å². The zero-order chi connectivity index (χ0) is 18.2. The predicted octanol–water partition coefficient (Wildman–Crippen LogP) is 5.30. The Morgan fingerprint density at radius 3 is 2.08 bits per heavy atom. The number of para-hydroxylation sites is 1. The van der Waals surface area contributed by atoms with Crippen LogP contribution in [0.2, 0.25) is 0 Å². The summed E-state index contributed by atoms with van der Waals surface area (Å²) in [4.78, 5) is 12.1. The van der Waals surface area contributed by atoms with Crippen molar-refractivity contribution < 1.29 is 14.3 Å². The molecule has 1 N–H and O–H groups in total. The highest BCUT2D eigenvalue weighted by molar-refractivity contribution is 6.04. The van der Waals surface area contributed by atoms with Crippen molar-refractivity contribution in [1.29, 1.82) is 0 Å². The molecule has 3 rings (SSSR count). The van der Waals surface area contributed by atoms with Gasteiger partial charge in [-0.25, -0.2) is 0 Å². The molecule has 0 radical (unpaired) electrons. The lowest BCUT2D eigenvalue weighted by atomic mass is 10.1. The van der Waals surface area contributed by atoms with Gasteiger partial charge in [0.1, 0.15) is 17.2 Å². The van der Waals surface area contributed by atoms with Crippen LogP contribution in [0.4, 0.5) is 5.69 Å². The quantitative estimate of drug-likeness (QED) is 0.466. The molecule has 0 unspecified atom stereocenters. The van der Waals surface area contributed by atoms with Crippen molar-refractivity contribution >= 4 is 11.5 Å². The molecule has 130 valence electrons. The van der Waals surface area contributed by atoms with Crippen molar-refractivity contribution in [2.75, 3.05) is 12.4 Å². The van der Waals surface area contributed by atoms with Crippen molar-refractivity contribution in [1.82, 2.24) is 0 Å². The normalized spacial score (nSPS) is 10.5. The van der Waals surface area contributed by atoms with Crippen LogP contribution >= 0.6 is 0 Å². The van der Waals surface area contributed by atoms with Crippen LogP contribution in [0.15, 0.2) is 91.1 Å². The van der Waals surface area contributed by atoms with Gasteiger partial charge in [-0.2, -0.15) is 0 Å². The van der Waals surface area contributed by atoms with Gasteiger partial charge in [-0.15, -0.1) is 0 Å². The molecule has 0 saturated heterocycles. The molecule has 0 bridgehead atoms. The number of methoxy groups -OCH3 is 1. The highest BCUT2D eigenvalue weighted by Crippen LogP contribution is 2.22. The van der Waals surface area contributed by atoms with E-state index in [2.05, 4.69) is 5.32 Å². The Hall–Kier alpha value is -3.53. The molecule has 0 heterocycles. The molecule has 4 nitrogen and oxygen atoms in total. The fourth-order valence-corrected chi connectivity index (χ4v) is 2.31. The number of allylic oxidation sites excluding steroid dienone is 1. The Kier molecular flexibility index (Phi) is 5.68. The summed E-state index contributed by atoms with van der Waals surface area (Å²) < 4.78 is 10.8. The van der Waals surface area contributed by atoms with Crippen molar-refractivity contribution in [3.05, 3.63) is 96.7 Å². The Morgan fingerprint density at radius 1 is 0.808 bits per heavy atom. The molecular weight excluding hydrogens is 326 g/mol. The zero-order valence-electron chi connectivity index (χ0n) is 14.4. The molecule has 0 fully saturated rings. The number of ketones is 1. The molecule has 4 heteroatoms. The predicted molar refractivity (Wildman–Crippen MR) is 103 cm³/mol. The van der Waals surface area contributed by atoms with Crippen LogP contribution < -0.4 is 14.8 Å². The molecule has 0 saturated carbocycles. The van der Waals surface area contributed by atoms with Gasteiger partial charge in [-0.1, -0.05) is 18.2 Å². The summed E-state index contributed by atoms with van der Waals surface area (Å²) in [5.74, 6) is 2.18. The summed E-state index contributed by atoms with van der Waals surface area (Å²) in [7, 11) is 1.59. The average Bonchev–Trinajstić information content (AvgIpc) is 2.70. The number of hydrogen-bond acceptors (Lipinski definition) is 4. The minimum absolute atomic E-state index is 0.0795. The maximum Gasteiger partial charge on any atom is 0.187 e. The van der Waals surface area contributed by atoms with Gasteiger partial charge in [0.05, 0.1) is 7.11 Å². The van der Waals surface area contributed by atoms with Crippen LogP contribution in [-0.4, -0.2) is 12.9 Å². The lowest BCUT2D eigenvalue weighted by Crippen LogP contribution is -1.96. The van der Waals surface area contributed by atoms with Crippen molar-refractivity contribution in [3.8, 4) is 17.2 Å². The van der Waals surface area contributed by atoms with Crippen molar-refractivity contribution in [3.63, 3.8) is 0 Å². The van der Waals surface area contributed by atoms with Crippen LogP contribution in [0.5, 0.6) is 17.2 Å². The molecule has 26 heavy (non-hydrogen) atoms. The van der Waals surface area contributed by atoms with E-state index < -0.39 is 0 Å². The summed E-state index contributed by atoms with van der Waals surface area (Å²) in [5.41, 5.74) is 1.47. The van der Waals surface area contributed by atoms with Gasteiger partial charge in [0.2, 0.25) is 0 Å². The smallest absolute Gasteiger partial charge is 0.187 e. The summed E-state index contributed by atoms with van der Waals surface area (Å²) in [6, 6.07) is 24.1. The summed E-state index contributed by atoms with van der Waals surface area (Å²) in [6.45, 7) is 0. The van der Waals surface area contributed by atoms with E-state index in [1.807, 2.05) is 54.6 Å². The largest absolute Gasteiger partial charge is 0.497 e. The molecule has 0 aliphatic rings. The fraction of sp³-hybridized carbons (Fsp3) is 0.0455. The van der Waals surface area contributed by atoms with Gasteiger partial charge in [0.25, 0.3) is 0 Å². The molecule has 0 spiro atoms. The van der Waals surface area contributed by atoms with Gasteiger partial charge < -0.3 is 14.8 Å². The van der Waals surface area contributed by atoms with Crippen LogP contribution in [0.3, 0.4) is 0 Å². The minimum atomic E-state index is -0.0795. The maximum absolute atomic E-state index is 12.1. The molecule has 0 aliphatic heterocycles. The van der Waals surface area contributed by atoms with Gasteiger partial charge in [-0.3, -0.25) is 4.79 Å². The van der Waals surface area contributed by atoms with Crippen LogP contribution in [-0.2, 0) is 0 Å². The van der Waals surface area contributed by atoms with E-state index in [4.69, 9.17) is 9.47 Å². The summed E-state index contributed by atoms with van der Waals surface area (Å²) in [6.07, 6.45) is 3.12. The molecule has 3 aromatic carbocycles. The number of carbonyl (C=O) groups excluding carboxylic acids is 1. The van der Waals surface area contributed by atoms with Gasteiger partial charge >= 0.3 is 0 Å². The Bertz CT molecular complexity index is 870. The molecule has 0 aromatic heterocycles. The standard InChI is InChI=1S/C22H19NO3/c1-25-19-11-7-17(8-12-19)22(24)15-16-23-18-9-13-21(14-10-18)26-20-5-3-2-4-6-20/h2-16,23H,1H3. The van der Waals surface area contributed by atoms with E-state index >= 15 is 0 Å². The van der Waals surface area contributed by atoms with Crippen molar-refractivity contribution in [2.45, 2.75) is 0 Å². The fourth-order valence-electron chi connectivity index (χ4n) is 2.31. The van der Waals surface area contributed by atoms with Crippen molar-refractivity contribution in [2.24, 2.45) is 0 Å². The number of hydrogen-bond donors (Lipinski definition) is 1. The van der Waals surface area contributed by atoms with E-state index in [9.17, 15) is 4.79 Å². The summed E-state index contributed by atoms with van der Waals surface area (Å²) >= 11 is 0. The second-order valence-corrected chi connectivity index (χ2v) is 5.51. The van der Waals surface area contributed by atoms with Crippen LogP contribution in [0.25, 0.3) is 0 Å². The highest BCUT2D eigenvalue weighted by Gasteiger charge is 2.01. The maximum atomic E-state index is 12.1. The first-order chi connectivity index (χ1) is 12.7. The Labute approximate surface area is 152 Å². The van der Waals surface area contributed by atoms with E-state index in [0.717, 1.165) is 22.9 Å². The van der Waals surface area contributed by atoms with Gasteiger partial charge in [-0.05, 0) is 60.7 Å². The Balaban J connectivity index is 1.55. The van der Waals surface area contributed by atoms with Gasteiger partial charge in [0, 0.05) is 23.5 Å². The van der Waals surface area contributed by atoms with E-state index in [1.54, 1.807) is 37.6 Å². The Morgan fingerprint density at radius 2 is 1.42 bits per heavy atom. The molecule has 0 aliphatic carbocycles. The van der Waals surface area contributed by atoms with E-state index in [-0.39, 0.29) is 5.78 Å². The first-order valence-electron chi connectivity index (χ1n) is 8.19. The SMILES string of the molecule is COc1ccc(C(=O)C=CNc2ccc(Oc3ccccc3)cc2)cc1. The van der Waals surface area contributed by atoms with Gasteiger partial charge in [0.15, 0.2) is 5.78 Å². The number of carbonyl (C=O) groups is 1. The second-order valence-electron chi connectivity index (χ2n) is 5.51. The van der Waals surface area contributed by atoms with E-state index in [0.29, 0.717) is 5.56 Å². The third kappa shape index (κ3) is 4.74. The molecule has 3 aromatic rings. The first-order valence-corrected chi connectivity index (χ1v) is 8.19. The number of ether oxygens (including phenoxy) is 2. The lowest BCUT2D eigenvalue weighted by molar-refractivity contribution is 0.104. The zero-order valence-corrected chi connectivity index (χ0v) is 14.4. The second kappa shape index (κ2) is 8.53. The molecular formula is C22H19NO3. The average molecular weight is 345 g/mol. The minimum Gasteiger partial charge on any atom is -0.497 e. The molecule has 0 amide bonds. The highest BCUT2D eigenvalue weighted by atomic mass is 16.5. The first kappa shape index (κ1) is 17.3. The third-order valence-electron chi connectivity index (χ3n) is 3.69. The third-order valence-corrected chi connectivity index (χ3v) is 3.69. The van der Waals surface area contributed by atoms with E-state index in [1.165, 1.54) is 6.08 Å². The molecule has 0 atom stereocenters. The lowest BCUT2D eigenvalue weighted by Gasteiger charge is -2.06. The number of rotatable bonds is 7. The van der Waals surface area contributed by atoms with Crippen LogP contribution in [0, 0.1) is 0 Å². The number of benzene rings is 3. The number of anilines is 1. The number of nitrogens with one attached hydrogen (secondary N) is 1. The summed E-state index contributed by atoms with van der Waals surface area (Å²) in [5, 5.41) is 3.08. The van der Waals surface area contributed by atoms with Crippen LogP contribution in [0.1, 0.15) is 10.4 Å². The monoisotopic (exact) mass is 345 g/mol.